The maximum Gasteiger partial charge on any atom is 0.191 e. The molecule has 6 heteroatoms. The van der Waals surface area contributed by atoms with Gasteiger partial charge in [-0.3, -0.25) is 4.99 Å². The summed E-state index contributed by atoms with van der Waals surface area (Å²) in [6.45, 7) is 4.67. The molecule has 0 atom stereocenters. The summed E-state index contributed by atoms with van der Waals surface area (Å²) in [5, 5.41) is 19.7. The van der Waals surface area contributed by atoms with Crippen molar-refractivity contribution in [3.8, 4) is 0 Å². The highest BCUT2D eigenvalue weighted by Gasteiger charge is 2.19. The summed E-state index contributed by atoms with van der Waals surface area (Å²) in [5.41, 5.74) is 0. The first-order valence-corrected chi connectivity index (χ1v) is 9.15. The highest BCUT2D eigenvalue weighted by Crippen LogP contribution is 2.18. The molecule has 1 fully saturated rings. The normalized spacial score (nSPS) is 21.3. The van der Waals surface area contributed by atoms with Crippen molar-refractivity contribution in [2.75, 3.05) is 25.0 Å². The molecule has 6 nitrogen and oxygen atoms in total. The number of aliphatic hydroxyl groups excluding tert-OH is 1. The molecule has 0 spiro atoms. The van der Waals surface area contributed by atoms with Gasteiger partial charge >= 0.3 is 0 Å². The molecular formula is C18H31N5O. The molecule has 0 unspecified atom stereocenters. The van der Waals surface area contributed by atoms with E-state index in [4.69, 9.17) is 0 Å². The number of guanidine groups is 1. The van der Waals surface area contributed by atoms with Crippen LogP contribution in [-0.2, 0) is 0 Å². The number of nitrogens with zero attached hydrogens (tertiary/aromatic N) is 2. The number of hydrogen-bond donors (Lipinski definition) is 4. The maximum absolute atomic E-state index is 9.59. The van der Waals surface area contributed by atoms with Gasteiger partial charge in [0.25, 0.3) is 0 Å². The van der Waals surface area contributed by atoms with Gasteiger partial charge in [0.05, 0.1) is 6.10 Å². The fourth-order valence-corrected chi connectivity index (χ4v) is 2.84. The Balaban J connectivity index is 1.63. The fraction of sp³-hybridized carbons (Fsp3) is 0.667. The Hall–Kier alpha value is -1.82. The van der Waals surface area contributed by atoms with Crippen molar-refractivity contribution in [3.05, 3.63) is 24.4 Å². The molecule has 0 saturated heterocycles. The summed E-state index contributed by atoms with van der Waals surface area (Å²) in [6, 6.07) is 6.31. The lowest BCUT2D eigenvalue weighted by Crippen LogP contribution is -2.45. The Morgan fingerprint density at radius 3 is 2.79 bits per heavy atom. The molecule has 0 aliphatic heterocycles. The van der Waals surface area contributed by atoms with Crippen molar-refractivity contribution < 1.29 is 5.11 Å². The van der Waals surface area contributed by atoms with E-state index in [1.54, 1.807) is 6.20 Å². The number of pyridine rings is 1. The van der Waals surface area contributed by atoms with Crippen LogP contribution in [0.2, 0.25) is 0 Å². The summed E-state index contributed by atoms with van der Waals surface area (Å²) in [7, 11) is 0. The van der Waals surface area contributed by atoms with Crippen LogP contribution in [0, 0.1) is 0 Å². The minimum Gasteiger partial charge on any atom is -0.393 e. The molecule has 2 rings (SSSR count). The lowest BCUT2D eigenvalue weighted by atomic mass is 9.93. The number of anilines is 1. The van der Waals surface area contributed by atoms with Crippen LogP contribution < -0.4 is 16.0 Å². The number of nitrogens with one attached hydrogen (secondary N) is 3. The van der Waals surface area contributed by atoms with E-state index in [2.05, 4.69) is 32.9 Å². The van der Waals surface area contributed by atoms with Gasteiger partial charge < -0.3 is 21.1 Å². The van der Waals surface area contributed by atoms with Crippen LogP contribution in [0.1, 0.15) is 45.4 Å². The van der Waals surface area contributed by atoms with Crippen LogP contribution in [-0.4, -0.2) is 47.8 Å². The summed E-state index contributed by atoms with van der Waals surface area (Å²) in [6.07, 6.45) is 7.58. The highest BCUT2D eigenvalue weighted by molar-refractivity contribution is 5.80. The number of aromatic nitrogens is 1. The van der Waals surface area contributed by atoms with Crippen molar-refractivity contribution in [3.63, 3.8) is 0 Å². The minimum atomic E-state index is -0.117. The number of aliphatic hydroxyl groups is 1. The molecule has 1 aliphatic carbocycles. The Morgan fingerprint density at radius 1 is 1.25 bits per heavy atom. The van der Waals surface area contributed by atoms with Crippen LogP contribution >= 0.6 is 0 Å². The molecule has 1 aromatic heterocycles. The van der Waals surface area contributed by atoms with E-state index in [0.29, 0.717) is 6.04 Å². The molecule has 134 valence electrons. The van der Waals surface area contributed by atoms with Crippen molar-refractivity contribution in [2.45, 2.75) is 57.6 Å². The monoisotopic (exact) mass is 333 g/mol. The van der Waals surface area contributed by atoms with Crippen molar-refractivity contribution in [1.82, 2.24) is 15.6 Å². The van der Waals surface area contributed by atoms with Crippen molar-refractivity contribution in [1.29, 1.82) is 0 Å². The standard InChI is InChI=1S/C18H31N5O/c1-2-19-18(23-15-8-10-16(24)11-9-15)22-14-6-5-13-21-17-7-3-4-12-20-17/h3-4,7,12,15-16,24H,2,5-6,8-11,13-14H2,1H3,(H,20,21)(H2,19,22,23). The van der Waals surface area contributed by atoms with Crippen molar-refractivity contribution in [2.24, 2.45) is 4.99 Å². The first kappa shape index (κ1) is 18.5. The first-order valence-electron chi connectivity index (χ1n) is 9.15. The Morgan fingerprint density at radius 2 is 2.08 bits per heavy atom. The smallest absolute Gasteiger partial charge is 0.191 e. The molecule has 1 heterocycles. The molecule has 4 N–H and O–H groups in total. The van der Waals surface area contributed by atoms with E-state index in [9.17, 15) is 5.11 Å². The second-order valence-electron chi connectivity index (χ2n) is 6.26. The minimum absolute atomic E-state index is 0.117. The number of aliphatic imine (C=N–C) groups is 1. The second kappa shape index (κ2) is 10.9. The Kier molecular flexibility index (Phi) is 8.38. The zero-order valence-electron chi connectivity index (χ0n) is 14.7. The summed E-state index contributed by atoms with van der Waals surface area (Å²) < 4.78 is 0. The number of unbranched alkanes of at least 4 members (excludes halogenated alkanes) is 1. The average Bonchev–Trinajstić information content (AvgIpc) is 2.61. The highest BCUT2D eigenvalue weighted by atomic mass is 16.3. The summed E-state index contributed by atoms with van der Waals surface area (Å²) >= 11 is 0. The van der Waals surface area contributed by atoms with E-state index in [0.717, 1.165) is 69.9 Å². The van der Waals surface area contributed by atoms with Crippen LogP contribution in [0.3, 0.4) is 0 Å². The lowest BCUT2D eigenvalue weighted by molar-refractivity contribution is 0.120. The zero-order valence-corrected chi connectivity index (χ0v) is 14.7. The van der Waals surface area contributed by atoms with Crippen LogP contribution in [0.15, 0.2) is 29.4 Å². The third-order valence-electron chi connectivity index (χ3n) is 4.21. The van der Waals surface area contributed by atoms with Gasteiger partial charge in [0.2, 0.25) is 0 Å². The number of hydrogen-bond acceptors (Lipinski definition) is 4. The third kappa shape index (κ3) is 7.17. The van der Waals surface area contributed by atoms with Gasteiger partial charge in [0, 0.05) is 31.9 Å². The van der Waals surface area contributed by atoms with Gasteiger partial charge in [-0.2, -0.15) is 0 Å². The lowest BCUT2D eigenvalue weighted by Gasteiger charge is -2.27. The summed E-state index contributed by atoms with van der Waals surface area (Å²) in [5.74, 6) is 1.83. The van der Waals surface area contributed by atoms with E-state index >= 15 is 0 Å². The van der Waals surface area contributed by atoms with E-state index in [1.807, 2.05) is 18.2 Å². The van der Waals surface area contributed by atoms with Gasteiger partial charge in [-0.05, 0) is 57.6 Å². The van der Waals surface area contributed by atoms with Crippen LogP contribution in [0.5, 0.6) is 0 Å². The second-order valence-corrected chi connectivity index (χ2v) is 6.26. The molecule has 1 aromatic rings. The average molecular weight is 333 g/mol. The molecular weight excluding hydrogens is 302 g/mol. The maximum atomic E-state index is 9.59. The van der Waals surface area contributed by atoms with E-state index in [1.165, 1.54) is 0 Å². The van der Waals surface area contributed by atoms with E-state index in [-0.39, 0.29) is 6.10 Å². The Bertz CT molecular complexity index is 472. The SMILES string of the molecule is CCNC(=NCCCCNc1ccccn1)NC1CCC(O)CC1. The topological polar surface area (TPSA) is 81.6 Å². The fourth-order valence-electron chi connectivity index (χ4n) is 2.84. The third-order valence-corrected chi connectivity index (χ3v) is 4.21. The molecule has 0 amide bonds. The molecule has 1 aliphatic rings. The molecule has 0 radical (unpaired) electrons. The zero-order chi connectivity index (χ0) is 17.0. The predicted molar refractivity (Wildman–Crippen MR) is 99.3 cm³/mol. The van der Waals surface area contributed by atoms with Gasteiger partial charge in [-0.1, -0.05) is 6.07 Å². The van der Waals surface area contributed by atoms with Gasteiger partial charge in [0.15, 0.2) is 5.96 Å². The molecule has 1 saturated carbocycles. The quantitative estimate of drug-likeness (QED) is 0.333. The molecule has 24 heavy (non-hydrogen) atoms. The predicted octanol–water partition coefficient (Wildman–Crippen LogP) is 2.13. The van der Waals surface area contributed by atoms with Crippen molar-refractivity contribution >= 4 is 11.8 Å². The van der Waals surface area contributed by atoms with E-state index < -0.39 is 0 Å². The van der Waals surface area contributed by atoms with Gasteiger partial charge in [0.1, 0.15) is 5.82 Å². The van der Waals surface area contributed by atoms with Crippen LogP contribution in [0.25, 0.3) is 0 Å². The number of rotatable bonds is 8. The molecule has 0 aromatic carbocycles. The first-order chi connectivity index (χ1) is 11.8. The molecule has 0 bridgehead atoms. The largest absolute Gasteiger partial charge is 0.393 e. The summed E-state index contributed by atoms with van der Waals surface area (Å²) in [4.78, 5) is 8.90. The Labute approximate surface area is 145 Å². The van der Waals surface area contributed by atoms with Gasteiger partial charge in [-0.25, -0.2) is 4.98 Å². The van der Waals surface area contributed by atoms with Gasteiger partial charge in [-0.15, -0.1) is 0 Å². The van der Waals surface area contributed by atoms with Crippen LogP contribution in [0.4, 0.5) is 5.82 Å².